The van der Waals surface area contributed by atoms with Gasteiger partial charge in [-0.2, -0.15) is 0 Å². The van der Waals surface area contributed by atoms with Gasteiger partial charge < -0.3 is 16.0 Å². The summed E-state index contributed by atoms with van der Waals surface area (Å²) in [6, 6.07) is 8.59. The molecule has 1 heterocycles. The van der Waals surface area contributed by atoms with E-state index in [2.05, 4.69) is 34.5 Å². The molecule has 0 saturated carbocycles. The molecule has 0 aromatic heterocycles. The zero-order chi connectivity index (χ0) is 10.5. The minimum Gasteiger partial charge on any atom is -0.369 e. The molecule has 3 heteroatoms. The van der Waals surface area contributed by atoms with Crippen molar-refractivity contribution in [3.8, 4) is 0 Å². The Hall–Kier alpha value is -1.06. The van der Waals surface area contributed by atoms with Crippen molar-refractivity contribution in [2.45, 2.75) is 6.42 Å². The molecule has 1 fully saturated rings. The van der Waals surface area contributed by atoms with Gasteiger partial charge in [-0.1, -0.05) is 18.2 Å². The first-order chi connectivity index (χ1) is 7.42. The molecule has 0 amide bonds. The molecule has 0 spiro atoms. The lowest BCUT2D eigenvalue weighted by Crippen LogP contribution is -2.43. The van der Waals surface area contributed by atoms with Crippen LogP contribution < -0.4 is 16.0 Å². The van der Waals surface area contributed by atoms with Crippen LogP contribution in [-0.2, 0) is 6.42 Å². The predicted octanol–water partition coefficient (Wildman–Crippen LogP) is 0.597. The van der Waals surface area contributed by atoms with E-state index in [1.165, 1.54) is 11.3 Å². The van der Waals surface area contributed by atoms with Crippen molar-refractivity contribution in [1.82, 2.24) is 5.32 Å². The summed E-state index contributed by atoms with van der Waals surface area (Å²) in [5, 5.41) is 3.37. The van der Waals surface area contributed by atoms with Crippen molar-refractivity contribution in [1.29, 1.82) is 0 Å². The molecule has 0 atom stereocenters. The van der Waals surface area contributed by atoms with Gasteiger partial charge in [0, 0.05) is 31.9 Å². The number of hydrogen-bond donors (Lipinski definition) is 2. The average Bonchev–Trinajstić information content (AvgIpc) is 2.31. The first kappa shape index (κ1) is 10.5. The predicted molar refractivity (Wildman–Crippen MR) is 64.3 cm³/mol. The van der Waals surface area contributed by atoms with Crippen LogP contribution in [0.2, 0.25) is 0 Å². The van der Waals surface area contributed by atoms with Crippen LogP contribution in [0.4, 0.5) is 5.69 Å². The highest BCUT2D eigenvalue weighted by molar-refractivity contribution is 5.54. The van der Waals surface area contributed by atoms with Crippen LogP contribution in [0.1, 0.15) is 5.56 Å². The Morgan fingerprint density at radius 1 is 1.20 bits per heavy atom. The summed E-state index contributed by atoms with van der Waals surface area (Å²) in [7, 11) is 0. The van der Waals surface area contributed by atoms with E-state index < -0.39 is 0 Å². The maximum absolute atomic E-state index is 5.63. The quantitative estimate of drug-likeness (QED) is 0.759. The van der Waals surface area contributed by atoms with Gasteiger partial charge in [-0.3, -0.25) is 0 Å². The van der Waals surface area contributed by atoms with Crippen LogP contribution in [0.15, 0.2) is 24.3 Å². The molecular weight excluding hydrogens is 186 g/mol. The summed E-state index contributed by atoms with van der Waals surface area (Å²) >= 11 is 0. The first-order valence-corrected chi connectivity index (χ1v) is 5.65. The van der Waals surface area contributed by atoms with E-state index in [1.807, 2.05) is 0 Å². The van der Waals surface area contributed by atoms with E-state index >= 15 is 0 Å². The highest BCUT2D eigenvalue weighted by Gasteiger charge is 2.12. The molecule has 15 heavy (non-hydrogen) atoms. The normalized spacial score (nSPS) is 16.7. The molecule has 1 saturated heterocycles. The SMILES string of the molecule is NCCc1ccccc1N1CCNCC1. The Morgan fingerprint density at radius 2 is 1.93 bits per heavy atom. The first-order valence-electron chi connectivity index (χ1n) is 5.65. The fraction of sp³-hybridized carbons (Fsp3) is 0.500. The smallest absolute Gasteiger partial charge is 0.0400 e. The van der Waals surface area contributed by atoms with Gasteiger partial charge in [0.1, 0.15) is 0 Å². The highest BCUT2D eigenvalue weighted by Crippen LogP contribution is 2.20. The third kappa shape index (κ3) is 2.49. The minimum atomic E-state index is 0.725. The number of piperazine rings is 1. The third-order valence-electron chi connectivity index (χ3n) is 2.86. The number of anilines is 1. The van der Waals surface area contributed by atoms with Crippen LogP contribution in [0, 0.1) is 0 Å². The lowest BCUT2D eigenvalue weighted by Gasteiger charge is -2.31. The van der Waals surface area contributed by atoms with Crippen molar-refractivity contribution in [2.24, 2.45) is 5.73 Å². The minimum absolute atomic E-state index is 0.725. The largest absolute Gasteiger partial charge is 0.369 e. The molecule has 0 aliphatic carbocycles. The van der Waals surface area contributed by atoms with Crippen molar-refractivity contribution >= 4 is 5.69 Å². The molecule has 82 valence electrons. The van der Waals surface area contributed by atoms with Crippen molar-refractivity contribution in [3.63, 3.8) is 0 Å². The van der Waals surface area contributed by atoms with E-state index in [0.717, 1.165) is 39.1 Å². The van der Waals surface area contributed by atoms with Gasteiger partial charge in [0.25, 0.3) is 0 Å². The number of nitrogens with one attached hydrogen (secondary N) is 1. The van der Waals surface area contributed by atoms with E-state index in [4.69, 9.17) is 5.73 Å². The Morgan fingerprint density at radius 3 is 2.67 bits per heavy atom. The molecule has 1 aliphatic heterocycles. The lowest BCUT2D eigenvalue weighted by molar-refractivity contribution is 0.587. The Kier molecular flexibility index (Phi) is 3.59. The Balaban J connectivity index is 2.17. The second kappa shape index (κ2) is 5.14. The van der Waals surface area contributed by atoms with Gasteiger partial charge in [-0.05, 0) is 24.6 Å². The van der Waals surface area contributed by atoms with E-state index in [0.29, 0.717) is 0 Å². The molecule has 3 nitrogen and oxygen atoms in total. The van der Waals surface area contributed by atoms with Crippen LogP contribution in [0.5, 0.6) is 0 Å². The molecule has 0 unspecified atom stereocenters. The van der Waals surface area contributed by atoms with Crippen molar-refractivity contribution in [3.05, 3.63) is 29.8 Å². The topological polar surface area (TPSA) is 41.3 Å². The van der Waals surface area contributed by atoms with E-state index in [9.17, 15) is 0 Å². The number of benzene rings is 1. The van der Waals surface area contributed by atoms with Crippen LogP contribution in [0.25, 0.3) is 0 Å². The molecular formula is C12H19N3. The zero-order valence-electron chi connectivity index (χ0n) is 9.08. The number of rotatable bonds is 3. The molecule has 3 N–H and O–H groups in total. The van der Waals surface area contributed by atoms with Crippen LogP contribution >= 0.6 is 0 Å². The molecule has 0 bridgehead atoms. The van der Waals surface area contributed by atoms with Crippen molar-refractivity contribution in [2.75, 3.05) is 37.6 Å². The summed E-state index contributed by atoms with van der Waals surface area (Å²) in [6.07, 6.45) is 0.972. The Bertz CT molecular complexity index is 305. The maximum atomic E-state index is 5.63. The fourth-order valence-corrected chi connectivity index (χ4v) is 2.09. The third-order valence-corrected chi connectivity index (χ3v) is 2.86. The average molecular weight is 205 g/mol. The van der Waals surface area contributed by atoms with Gasteiger partial charge in [-0.15, -0.1) is 0 Å². The summed E-state index contributed by atoms with van der Waals surface area (Å²) < 4.78 is 0. The second-order valence-electron chi connectivity index (χ2n) is 3.90. The maximum Gasteiger partial charge on any atom is 0.0400 e. The summed E-state index contributed by atoms with van der Waals surface area (Å²) in [5.41, 5.74) is 8.37. The van der Waals surface area contributed by atoms with E-state index in [-0.39, 0.29) is 0 Å². The van der Waals surface area contributed by atoms with Gasteiger partial charge in [0.2, 0.25) is 0 Å². The fourth-order valence-electron chi connectivity index (χ4n) is 2.09. The number of nitrogens with two attached hydrogens (primary N) is 1. The lowest BCUT2D eigenvalue weighted by atomic mass is 10.1. The second-order valence-corrected chi connectivity index (χ2v) is 3.90. The zero-order valence-corrected chi connectivity index (χ0v) is 9.08. The monoisotopic (exact) mass is 205 g/mol. The molecule has 1 aromatic carbocycles. The van der Waals surface area contributed by atoms with Crippen LogP contribution in [-0.4, -0.2) is 32.7 Å². The summed E-state index contributed by atoms with van der Waals surface area (Å²) in [5.74, 6) is 0. The standard InChI is InChI=1S/C12H19N3/c13-6-5-11-3-1-2-4-12(11)15-9-7-14-8-10-15/h1-4,14H,5-10,13H2. The van der Waals surface area contributed by atoms with Gasteiger partial charge >= 0.3 is 0 Å². The molecule has 2 rings (SSSR count). The van der Waals surface area contributed by atoms with E-state index in [1.54, 1.807) is 0 Å². The van der Waals surface area contributed by atoms with Gasteiger partial charge in [0.05, 0.1) is 0 Å². The van der Waals surface area contributed by atoms with Gasteiger partial charge in [-0.25, -0.2) is 0 Å². The number of hydrogen-bond acceptors (Lipinski definition) is 3. The van der Waals surface area contributed by atoms with Crippen LogP contribution in [0.3, 0.4) is 0 Å². The Labute approximate surface area is 91.3 Å². The molecule has 1 aromatic rings. The summed E-state index contributed by atoms with van der Waals surface area (Å²) in [4.78, 5) is 2.45. The molecule has 0 radical (unpaired) electrons. The van der Waals surface area contributed by atoms with Crippen molar-refractivity contribution < 1.29 is 0 Å². The summed E-state index contributed by atoms with van der Waals surface area (Å²) in [6.45, 7) is 5.08. The number of para-hydroxylation sites is 1. The molecule has 1 aliphatic rings. The van der Waals surface area contributed by atoms with Gasteiger partial charge in [0.15, 0.2) is 0 Å². The highest BCUT2D eigenvalue weighted by atomic mass is 15.2. The number of nitrogens with zero attached hydrogens (tertiary/aromatic N) is 1.